The molecule has 0 bridgehead atoms. The molecule has 1 saturated carbocycles. The molecule has 0 unspecified atom stereocenters. The molecule has 0 saturated heterocycles. The van der Waals surface area contributed by atoms with Gasteiger partial charge in [-0.3, -0.25) is 0 Å². The normalized spacial score (nSPS) is 17.6. The summed E-state index contributed by atoms with van der Waals surface area (Å²) in [7, 11) is 2.16. The first kappa shape index (κ1) is 16.5. The van der Waals surface area contributed by atoms with Crippen LogP contribution in [-0.2, 0) is 5.41 Å². The zero-order valence-electron chi connectivity index (χ0n) is 14.0. The van der Waals surface area contributed by atoms with Crippen LogP contribution in [0.5, 0.6) is 0 Å². The van der Waals surface area contributed by atoms with Gasteiger partial charge in [-0.1, -0.05) is 58.1 Å². The lowest BCUT2D eigenvalue weighted by molar-refractivity contribution is 0.527. The first-order valence-corrected chi connectivity index (χ1v) is 8.46. The number of nitrogens with zero attached hydrogens (tertiary/aromatic N) is 3. The highest BCUT2D eigenvalue weighted by Crippen LogP contribution is 2.31. The molecule has 0 amide bonds. The average molecular weight is 310 g/mol. The fraction of sp³-hybridized carbons (Fsp3) is 0.765. The zero-order chi connectivity index (χ0) is 15.6. The molecule has 1 heterocycles. The van der Waals surface area contributed by atoms with E-state index in [1.807, 2.05) is 6.92 Å². The smallest absolute Gasteiger partial charge is 0.137 e. The molecule has 1 fully saturated rings. The van der Waals surface area contributed by atoms with E-state index in [0.717, 1.165) is 17.2 Å². The zero-order valence-corrected chi connectivity index (χ0v) is 14.8. The SMILES string of the molecule is Cc1c(Cl)nc(C(C)(C)C)nc1N(C)C1CCCCCC1. The van der Waals surface area contributed by atoms with E-state index >= 15 is 0 Å². The topological polar surface area (TPSA) is 29.0 Å². The fourth-order valence-electron chi connectivity index (χ4n) is 2.98. The van der Waals surface area contributed by atoms with Crippen molar-refractivity contribution in [3.8, 4) is 0 Å². The van der Waals surface area contributed by atoms with Gasteiger partial charge in [0.25, 0.3) is 0 Å². The maximum atomic E-state index is 6.36. The minimum Gasteiger partial charge on any atom is -0.356 e. The minimum absolute atomic E-state index is 0.0869. The van der Waals surface area contributed by atoms with Gasteiger partial charge in [-0.15, -0.1) is 0 Å². The van der Waals surface area contributed by atoms with Crippen LogP contribution in [0, 0.1) is 6.92 Å². The van der Waals surface area contributed by atoms with Gasteiger partial charge >= 0.3 is 0 Å². The first-order valence-electron chi connectivity index (χ1n) is 8.08. The Morgan fingerprint density at radius 3 is 2.14 bits per heavy atom. The lowest BCUT2D eigenvalue weighted by Crippen LogP contribution is -2.33. The van der Waals surface area contributed by atoms with Crippen LogP contribution in [0.1, 0.15) is 70.7 Å². The Hall–Kier alpha value is -0.830. The van der Waals surface area contributed by atoms with E-state index in [-0.39, 0.29) is 5.41 Å². The van der Waals surface area contributed by atoms with Crippen molar-refractivity contribution in [2.75, 3.05) is 11.9 Å². The van der Waals surface area contributed by atoms with E-state index in [4.69, 9.17) is 16.6 Å². The molecular weight excluding hydrogens is 282 g/mol. The summed E-state index contributed by atoms with van der Waals surface area (Å²) in [5, 5.41) is 0.588. The molecule has 4 heteroatoms. The predicted octanol–water partition coefficient (Wildman–Crippen LogP) is 4.89. The Kier molecular flexibility index (Phi) is 5.13. The number of rotatable bonds is 2. The molecule has 1 aliphatic carbocycles. The van der Waals surface area contributed by atoms with Crippen LogP contribution in [0.15, 0.2) is 0 Å². The maximum Gasteiger partial charge on any atom is 0.137 e. The standard InChI is InChI=1S/C17H28ClN3/c1-12-14(18)19-16(17(2,3)4)20-15(12)21(5)13-10-8-6-7-9-11-13/h13H,6-11H2,1-5H3. The van der Waals surface area contributed by atoms with Crippen molar-refractivity contribution in [3.05, 3.63) is 16.5 Å². The van der Waals surface area contributed by atoms with Crippen molar-refractivity contribution in [2.24, 2.45) is 0 Å². The van der Waals surface area contributed by atoms with E-state index in [1.165, 1.54) is 38.5 Å². The molecule has 0 radical (unpaired) electrons. The van der Waals surface area contributed by atoms with Crippen molar-refractivity contribution in [1.29, 1.82) is 0 Å². The summed E-state index contributed by atoms with van der Waals surface area (Å²) in [4.78, 5) is 11.7. The summed E-state index contributed by atoms with van der Waals surface area (Å²) < 4.78 is 0. The summed E-state index contributed by atoms with van der Waals surface area (Å²) in [5.41, 5.74) is 0.910. The third-order valence-electron chi connectivity index (χ3n) is 4.44. The third-order valence-corrected chi connectivity index (χ3v) is 4.81. The average Bonchev–Trinajstić information content (AvgIpc) is 2.68. The van der Waals surface area contributed by atoms with Crippen LogP contribution in [0.4, 0.5) is 5.82 Å². The predicted molar refractivity (Wildman–Crippen MR) is 90.4 cm³/mol. The first-order chi connectivity index (χ1) is 9.80. The van der Waals surface area contributed by atoms with Gasteiger partial charge in [-0.2, -0.15) is 0 Å². The Morgan fingerprint density at radius 2 is 1.62 bits per heavy atom. The molecule has 0 aromatic carbocycles. The molecule has 0 atom stereocenters. The largest absolute Gasteiger partial charge is 0.356 e. The second kappa shape index (κ2) is 6.51. The van der Waals surface area contributed by atoms with E-state index in [0.29, 0.717) is 11.2 Å². The number of halogens is 1. The van der Waals surface area contributed by atoms with Gasteiger partial charge in [0.15, 0.2) is 0 Å². The van der Waals surface area contributed by atoms with Crippen LogP contribution in [-0.4, -0.2) is 23.1 Å². The fourth-order valence-corrected chi connectivity index (χ4v) is 3.14. The Morgan fingerprint density at radius 1 is 1.05 bits per heavy atom. The third kappa shape index (κ3) is 3.88. The molecule has 0 aliphatic heterocycles. The maximum absolute atomic E-state index is 6.36. The van der Waals surface area contributed by atoms with E-state index < -0.39 is 0 Å². The van der Waals surface area contributed by atoms with Gasteiger partial charge in [0, 0.05) is 24.1 Å². The van der Waals surface area contributed by atoms with Crippen LogP contribution in [0.3, 0.4) is 0 Å². The second-order valence-corrected chi connectivity index (χ2v) is 7.65. The molecule has 1 aliphatic rings. The summed E-state index contributed by atoms with van der Waals surface area (Å²) in [6.07, 6.45) is 7.87. The van der Waals surface area contributed by atoms with Gasteiger partial charge in [0.2, 0.25) is 0 Å². The highest BCUT2D eigenvalue weighted by atomic mass is 35.5. The molecule has 2 rings (SSSR count). The van der Waals surface area contributed by atoms with Crippen molar-refractivity contribution in [2.45, 2.75) is 77.7 Å². The summed E-state index contributed by atoms with van der Waals surface area (Å²) >= 11 is 6.36. The van der Waals surface area contributed by atoms with Crippen LogP contribution in [0.2, 0.25) is 5.15 Å². The van der Waals surface area contributed by atoms with Gasteiger partial charge in [0.1, 0.15) is 16.8 Å². The lowest BCUT2D eigenvalue weighted by Gasteiger charge is -2.31. The Bertz CT molecular complexity index is 486. The van der Waals surface area contributed by atoms with E-state index in [2.05, 4.69) is 37.7 Å². The van der Waals surface area contributed by atoms with Crippen LogP contribution >= 0.6 is 11.6 Å². The van der Waals surface area contributed by atoms with Gasteiger partial charge in [0.05, 0.1) is 0 Å². The summed E-state index contributed by atoms with van der Waals surface area (Å²) in [6, 6.07) is 0.574. The summed E-state index contributed by atoms with van der Waals surface area (Å²) in [6.45, 7) is 8.41. The van der Waals surface area contributed by atoms with Crippen LogP contribution in [0.25, 0.3) is 0 Å². The van der Waals surface area contributed by atoms with Crippen LogP contribution < -0.4 is 4.90 Å². The quantitative estimate of drug-likeness (QED) is 0.575. The Labute approximate surface area is 134 Å². The number of hydrogen-bond acceptors (Lipinski definition) is 3. The van der Waals surface area contributed by atoms with Gasteiger partial charge in [-0.05, 0) is 19.8 Å². The lowest BCUT2D eigenvalue weighted by atomic mass is 9.95. The number of anilines is 1. The monoisotopic (exact) mass is 309 g/mol. The van der Waals surface area contributed by atoms with E-state index in [1.54, 1.807) is 0 Å². The molecular formula is C17H28ClN3. The molecule has 3 nitrogen and oxygen atoms in total. The molecule has 0 N–H and O–H groups in total. The molecule has 118 valence electrons. The highest BCUT2D eigenvalue weighted by molar-refractivity contribution is 6.30. The second-order valence-electron chi connectivity index (χ2n) is 7.29. The van der Waals surface area contributed by atoms with Crippen molar-refractivity contribution < 1.29 is 0 Å². The highest BCUT2D eigenvalue weighted by Gasteiger charge is 2.25. The van der Waals surface area contributed by atoms with Crippen molar-refractivity contribution in [3.63, 3.8) is 0 Å². The molecule has 0 spiro atoms. The molecule has 1 aromatic heterocycles. The van der Waals surface area contributed by atoms with Gasteiger partial charge < -0.3 is 4.90 Å². The Balaban J connectivity index is 2.34. The number of hydrogen-bond donors (Lipinski definition) is 0. The number of aromatic nitrogens is 2. The molecule has 1 aromatic rings. The molecule has 21 heavy (non-hydrogen) atoms. The van der Waals surface area contributed by atoms with Crippen molar-refractivity contribution >= 4 is 17.4 Å². The summed E-state index contributed by atoms with van der Waals surface area (Å²) in [5.74, 6) is 1.83. The minimum atomic E-state index is -0.0869. The van der Waals surface area contributed by atoms with Crippen molar-refractivity contribution in [1.82, 2.24) is 9.97 Å². The van der Waals surface area contributed by atoms with Gasteiger partial charge in [-0.25, -0.2) is 9.97 Å². The van der Waals surface area contributed by atoms with E-state index in [9.17, 15) is 0 Å².